The fourth-order valence-corrected chi connectivity index (χ4v) is 5.00. The molecular weight excluding hydrogens is 908 g/mol. The maximum atomic E-state index is 14.3. The van der Waals surface area contributed by atoms with Crippen molar-refractivity contribution in [3.05, 3.63) is 37.9 Å². The predicted molar refractivity (Wildman–Crippen MR) is 138 cm³/mol. The Kier molecular flexibility index (Phi) is 13.1. The maximum absolute atomic E-state index is 14.3. The van der Waals surface area contributed by atoms with Crippen LogP contribution in [0.5, 0.6) is 5.75 Å². The molecule has 59 heavy (non-hydrogen) atoms. The molecule has 0 bridgehead atoms. The Balaban J connectivity index is 2.57. The van der Waals surface area contributed by atoms with E-state index >= 15 is 0 Å². The van der Waals surface area contributed by atoms with Crippen LogP contribution in [0.1, 0.15) is 43.6 Å². The van der Waals surface area contributed by atoms with E-state index in [9.17, 15) is 130 Å². The van der Waals surface area contributed by atoms with E-state index in [1.54, 1.807) is 0 Å². The molecule has 0 N–H and O–H groups in total. The molecule has 1 fully saturated rings. The fourth-order valence-electron chi connectivity index (χ4n) is 5.00. The molecule has 0 unspecified atom stereocenters. The van der Waals surface area contributed by atoms with E-state index in [4.69, 9.17) is 0 Å². The molecule has 1 aromatic rings. The van der Waals surface area contributed by atoms with Gasteiger partial charge in [-0.3, -0.25) is 20.2 Å². The van der Waals surface area contributed by atoms with Gasteiger partial charge in [-0.25, -0.2) is 13.6 Å². The largest absolute Gasteiger partial charge is 0.514 e. The highest BCUT2D eigenvalue weighted by molar-refractivity contribution is 5.70. The van der Waals surface area contributed by atoms with Crippen LogP contribution in [0.2, 0.25) is 0 Å². The number of rotatable bonds is 17. The Bertz CT molecular complexity index is 1760. The zero-order chi connectivity index (χ0) is 46.8. The van der Waals surface area contributed by atoms with Crippen LogP contribution in [-0.2, 0) is 4.74 Å². The van der Waals surface area contributed by atoms with Crippen LogP contribution >= 0.6 is 0 Å². The molecule has 1 aliphatic carbocycles. The Labute approximate surface area is 307 Å². The quantitative estimate of drug-likeness (QED) is 0.0501. The molecule has 1 aliphatic rings. The topological polar surface area (TPSA) is 122 Å². The number of carbonyl (C=O) groups is 1. The number of benzene rings is 1. The van der Waals surface area contributed by atoms with Gasteiger partial charge in [-0.05, 0) is 18.8 Å². The van der Waals surface area contributed by atoms with Crippen molar-refractivity contribution >= 4 is 17.5 Å². The molecule has 2 rings (SSSR count). The SMILES string of the molecule is O=C(OCC(F)(F)C(F)(F)C(F)(F)C(F)(F)C(F)(F)C(F)(F)C(F)(F)C(F)(F)C(F)(F)C(F)(F)C(F)(F)C(F)F)Oc1c(C2CCCCC2)cc([N+](=O)[O-])cc1[N+](=O)[O-]. The van der Waals surface area contributed by atoms with Crippen molar-refractivity contribution in [1.82, 2.24) is 0 Å². The Hall–Kier alpha value is -4.39. The molecule has 0 aliphatic heterocycles. The van der Waals surface area contributed by atoms with Crippen molar-refractivity contribution in [1.29, 1.82) is 0 Å². The zero-order valence-electron chi connectivity index (χ0n) is 27.4. The molecule has 9 nitrogen and oxygen atoms in total. The molecule has 0 atom stereocenters. The molecule has 0 heterocycles. The third-order valence-corrected chi connectivity index (χ3v) is 8.40. The molecule has 340 valence electrons. The summed E-state index contributed by atoms with van der Waals surface area (Å²) < 4.78 is 337. The van der Waals surface area contributed by atoms with Gasteiger partial charge in [0.2, 0.25) is 5.75 Å². The smallest absolute Gasteiger partial charge is 0.427 e. The van der Waals surface area contributed by atoms with Crippen molar-refractivity contribution in [2.45, 2.75) is 110 Å². The van der Waals surface area contributed by atoms with Crippen molar-refractivity contribution in [2.75, 3.05) is 6.61 Å². The monoisotopic (exact) mass is 924 g/mol. The number of non-ortho nitro benzene ring substituents is 1. The van der Waals surface area contributed by atoms with Gasteiger partial charge in [0.15, 0.2) is 6.61 Å². The summed E-state index contributed by atoms with van der Waals surface area (Å²) >= 11 is 0. The number of carbonyl (C=O) groups excluding carboxylic acids is 1. The summed E-state index contributed by atoms with van der Waals surface area (Å²) in [6, 6.07) is 0.540. The van der Waals surface area contributed by atoms with E-state index in [2.05, 4.69) is 9.47 Å². The van der Waals surface area contributed by atoms with Gasteiger partial charge >= 0.3 is 83.4 Å². The molecule has 1 aromatic carbocycles. The first-order valence-electron chi connectivity index (χ1n) is 14.8. The first-order chi connectivity index (χ1) is 26.0. The predicted octanol–water partition coefficient (Wildman–Crippen LogP) is 11.3. The number of nitrogens with zero attached hydrogens (tertiary/aromatic N) is 2. The number of halogens is 24. The molecule has 0 spiro atoms. The van der Waals surface area contributed by atoms with Gasteiger partial charge in [0.25, 0.3) is 5.69 Å². The lowest BCUT2D eigenvalue weighted by atomic mass is 9.83. The van der Waals surface area contributed by atoms with E-state index in [0.29, 0.717) is 12.5 Å². The van der Waals surface area contributed by atoms with Crippen LogP contribution in [0, 0.1) is 20.2 Å². The van der Waals surface area contributed by atoms with Gasteiger partial charge in [0.05, 0.1) is 15.9 Å². The minimum atomic E-state index is -9.67. The molecule has 0 radical (unpaired) electrons. The zero-order valence-corrected chi connectivity index (χ0v) is 27.4. The average molecular weight is 924 g/mol. The molecule has 0 aromatic heterocycles. The average Bonchev–Trinajstić information content (AvgIpc) is 3.09. The summed E-state index contributed by atoms with van der Waals surface area (Å²) in [4.78, 5) is 32.1. The van der Waals surface area contributed by atoms with Crippen LogP contribution in [0.4, 0.5) is 122 Å². The summed E-state index contributed by atoms with van der Waals surface area (Å²) in [6.07, 6.45) is -8.30. The third kappa shape index (κ3) is 7.54. The van der Waals surface area contributed by atoms with Crippen molar-refractivity contribution in [3.8, 4) is 5.75 Å². The van der Waals surface area contributed by atoms with Gasteiger partial charge in [0.1, 0.15) is 0 Å². The lowest BCUT2D eigenvalue weighted by Crippen LogP contribution is -2.78. The number of nitro benzene ring substituents is 2. The van der Waals surface area contributed by atoms with Gasteiger partial charge in [-0.2, -0.15) is 96.6 Å². The lowest BCUT2D eigenvalue weighted by Gasteiger charge is -2.45. The van der Waals surface area contributed by atoms with Crippen LogP contribution < -0.4 is 4.74 Å². The minimum absolute atomic E-state index is 0.00583. The van der Waals surface area contributed by atoms with Gasteiger partial charge in [-0.1, -0.05) is 19.3 Å². The number of alkyl halides is 24. The first kappa shape index (κ1) is 50.8. The van der Waals surface area contributed by atoms with Crippen molar-refractivity contribution in [3.63, 3.8) is 0 Å². The summed E-state index contributed by atoms with van der Waals surface area (Å²) in [5.74, 6) is -101. The van der Waals surface area contributed by atoms with Crippen molar-refractivity contribution in [2.24, 2.45) is 0 Å². The number of hydrogen-bond acceptors (Lipinski definition) is 7. The molecule has 0 amide bonds. The summed E-state index contributed by atoms with van der Waals surface area (Å²) in [6.45, 7) is -3.92. The second-order valence-electron chi connectivity index (χ2n) is 12.2. The van der Waals surface area contributed by atoms with E-state index in [0.717, 1.165) is 0 Å². The van der Waals surface area contributed by atoms with E-state index in [1.807, 2.05) is 0 Å². The Morgan fingerprint density at radius 1 is 0.593 bits per heavy atom. The maximum Gasteiger partial charge on any atom is 0.514 e. The van der Waals surface area contributed by atoms with Crippen LogP contribution in [0.25, 0.3) is 0 Å². The van der Waals surface area contributed by atoms with Crippen LogP contribution in [0.15, 0.2) is 12.1 Å². The normalized spacial score (nSPS) is 16.6. The molecule has 33 heteroatoms. The minimum Gasteiger partial charge on any atom is -0.427 e. The number of ether oxygens (including phenoxy) is 2. The van der Waals surface area contributed by atoms with Crippen LogP contribution in [-0.4, -0.2) is 94.2 Å². The molecule has 1 saturated carbocycles. The van der Waals surface area contributed by atoms with Gasteiger partial charge in [-0.15, -0.1) is 0 Å². The first-order valence-corrected chi connectivity index (χ1v) is 14.8. The number of hydrogen-bond donors (Lipinski definition) is 0. The highest BCUT2D eigenvalue weighted by atomic mass is 19.4. The lowest BCUT2D eigenvalue weighted by molar-refractivity contribution is -0.476. The summed E-state index contributed by atoms with van der Waals surface area (Å²) in [5, 5.41) is 22.8. The second-order valence-corrected chi connectivity index (χ2v) is 12.2. The number of nitro groups is 2. The van der Waals surface area contributed by atoms with Crippen LogP contribution in [0.3, 0.4) is 0 Å². The standard InChI is InChI=1S/C26H16F24N2O7/c27-14(28)17(31,32)19(35,36)21(39,40)23(43,44)25(47,48)26(49,50)24(45,46)22(41,42)20(37,38)18(33,34)16(29,30)8-58-15(53)59-13-11(9-4-2-1-3-5-9)6-10(51(54)55)7-12(13)52(56)57/h6-7,9,14H,1-5,8H2. The van der Waals surface area contributed by atoms with Gasteiger partial charge < -0.3 is 9.47 Å². The van der Waals surface area contributed by atoms with E-state index in [-0.39, 0.29) is 31.7 Å². The fraction of sp³-hybridized carbons (Fsp3) is 0.731. The Morgan fingerprint density at radius 3 is 1.32 bits per heavy atom. The van der Waals surface area contributed by atoms with Crippen molar-refractivity contribution < 1.29 is 129 Å². The highest BCUT2D eigenvalue weighted by Crippen LogP contribution is 2.67. The summed E-state index contributed by atoms with van der Waals surface area (Å²) in [5.41, 5.74) is -3.36. The molecule has 0 saturated heterocycles. The van der Waals surface area contributed by atoms with E-state index < -0.39 is 123 Å². The summed E-state index contributed by atoms with van der Waals surface area (Å²) in [7, 11) is 0. The second kappa shape index (κ2) is 15.3. The van der Waals surface area contributed by atoms with Gasteiger partial charge in [0, 0.05) is 11.6 Å². The third-order valence-electron chi connectivity index (χ3n) is 8.40. The molecular formula is C26H16F24N2O7. The highest BCUT2D eigenvalue weighted by Gasteiger charge is 2.99. The van der Waals surface area contributed by atoms with E-state index in [1.165, 1.54) is 0 Å². The Morgan fingerprint density at radius 2 is 0.966 bits per heavy atom.